The van der Waals surface area contributed by atoms with Gasteiger partial charge in [0.15, 0.2) is 0 Å². The first-order chi connectivity index (χ1) is 15.6. The number of anilines is 1. The molecule has 2 aromatic rings. The summed E-state index contributed by atoms with van der Waals surface area (Å²) in [7, 11) is 1.69. The summed E-state index contributed by atoms with van der Waals surface area (Å²) >= 11 is 6.42. The Bertz CT molecular complexity index is 954. The second kappa shape index (κ2) is 10.8. The summed E-state index contributed by atoms with van der Waals surface area (Å²) in [6.07, 6.45) is -0.694. The van der Waals surface area contributed by atoms with Gasteiger partial charge in [-0.2, -0.15) is 0 Å². The van der Waals surface area contributed by atoms with Gasteiger partial charge < -0.3 is 24.2 Å². The highest BCUT2D eigenvalue weighted by Gasteiger charge is 2.26. The number of piperazine rings is 1. The summed E-state index contributed by atoms with van der Waals surface area (Å²) in [6.45, 7) is 8.69. The number of hydrogen-bond donors (Lipinski definition) is 0. The molecule has 1 heterocycles. The lowest BCUT2D eigenvalue weighted by molar-refractivity contribution is 0.0240. The molecule has 0 saturated carbocycles. The zero-order chi connectivity index (χ0) is 24.0. The summed E-state index contributed by atoms with van der Waals surface area (Å²) in [4.78, 5) is 30.2. The molecule has 2 aromatic carbocycles. The van der Waals surface area contributed by atoms with Crippen LogP contribution in [0.25, 0.3) is 0 Å². The molecule has 0 unspecified atom stereocenters. The van der Waals surface area contributed by atoms with Crippen molar-refractivity contribution in [2.45, 2.75) is 39.5 Å². The van der Waals surface area contributed by atoms with Gasteiger partial charge in [0.05, 0.1) is 6.54 Å². The van der Waals surface area contributed by atoms with E-state index >= 15 is 0 Å². The molecule has 1 aliphatic rings. The molecular formula is C25H32ClN3O4. The molecule has 1 fully saturated rings. The van der Waals surface area contributed by atoms with Crippen LogP contribution in [-0.2, 0) is 22.6 Å². The number of hydrogen-bond acceptors (Lipinski definition) is 5. The van der Waals surface area contributed by atoms with Gasteiger partial charge in [0.1, 0.15) is 12.2 Å². The van der Waals surface area contributed by atoms with E-state index in [4.69, 9.17) is 21.1 Å². The minimum Gasteiger partial charge on any atom is -0.445 e. The van der Waals surface area contributed by atoms with Crippen molar-refractivity contribution in [1.82, 2.24) is 9.80 Å². The van der Waals surface area contributed by atoms with Gasteiger partial charge in [0.2, 0.25) is 0 Å². The minimum atomic E-state index is -0.506. The molecule has 2 amide bonds. The summed E-state index contributed by atoms with van der Waals surface area (Å²) < 4.78 is 10.9. The van der Waals surface area contributed by atoms with Crippen LogP contribution in [0, 0.1) is 0 Å². The maximum atomic E-state index is 12.4. The molecule has 0 atom stereocenters. The third-order valence-electron chi connectivity index (χ3n) is 5.25. The number of halogens is 1. The van der Waals surface area contributed by atoms with Crippen molar-refractivity contribution < 1.29 is 19.1 Å². The van der Waals surface area contributed by atoms with Crippen LogP contribution in [0.1, 0.15) is 31.9 Å². The first-order valence-electron chi connectivity index (χ1n) is 11.1. The van der Waals surface area contributed by atoms with E-state index in [0.29, 0.717) is 37.7 Å². The topological polar surface area (TPSA) is 62.3 Å². The van der Waals surface area contributed by atoms with Gasteiger partial charge in [-0.1, -0.05) is 41.9 Å². The minimum absolute atomic E-state index is 0.222. The molecule has 33 heavy (non-hydrogen) atoms. The molecule has 1 saturated heterocycles. The molecule has 0 aromatic heterocycles. The van der Waals surface area contributed by atoms with Crippen molar-refractivity contribution in [1.29, 1.82) is 0 Å². The molecule has 3 rings (SSSR count). The van der Waals surface area contributed by atoms with Crippen LogP contribution in [0.2, 0.25) is 5.02 Å². The second-order valence-corrected chi connectivity index (χ2v) is 9.53. The van der Waals surface area contributed by atoms with E-state index < -0.39 is 11.7 Å². The molecule has 0 radical (unpaired) electrons. The van der Waals surface area contributed by atoms with Crippen molar-refractivity contribution >= 4 is 29.5 Å². The molecule has 0 bridgehead atoms. The fourth-order valence-electron chi connectivity index (χ4n) is 3.50. The van der Waals surface area contributed by atoms with Gasteiger partial charge in [0.25, 0.3) is 0 Å². The number of amides is 2. The van der Waals surface area contributed by atoms with Crippen LogP contribution in [0.3, 0.4) is 0 Å². The molecule has 7 nitrogen and oxygen atoms in total. The van der Waals surface area contributed by atoms with Gasteiger partial charge >= 0.3 is 12.2 Å². The monoisotopic (exact) mass is 473 g/mol. The van der Waals surface area contributed by atoms with Gasteiger partial charge in [-0.15, -0.1) is 0 Å². The van der Waals surface area contributed by atoms with Crippen molar-refractivity contribution in [2.75, 3.05) is 38.1 Å². The Morgan fingerprint density at radius 3 is 2.33 bits per heavy atom. The summed E-state index contributed by atoms with van der Waals surface area (Å²) in [5, 5.41) is 0.592. The molecule has 0 N–H and O–H groups in total. The predicted molar refractivity (Wildman–Crippen MR) is 130 cm³/mol. The first-order valence-corrected chi connectivity index (χ1v) is 11.4. The average molecular weight is 474 g/mol. The summed E-state index contributed by atoms with van der Waals surface area (Å²) in [5.74, 6) is 0. The lowest BCUT2D eigenvalue weighted by Gasteiger charge is -2.37. The van der Waals surface area contributed by atoms with Crippen LogP contribution < -0.4 is 4.90 Å². The van der Waals surface area contributed by atoms with Gasteiger partial charge in [-0.3, -0.25) is 0 Å². The molecule has 1 aliphatic heterocycles. The van der Waals surface area contributed by atoms with E-state index in [1.807, 2.05) is 69.3 Å². The maximum absolute atomic E-state index is 12.4. The van der Waals surface area contributed by atoms with Crippen LogP contribution in [0.15, 0.2) is 48.5 Å². The number of carbonyl (C=O) groups is 2. The van der Waals surface area contributed by atoms with Gasteiger partial charge in [-0.25, -0.2) is 9.59 Å². The second-order valence-electron chi connectivity index (χ2n) is 9.13. The van der Waals surface area contributed by atoms with E-state index in [2.05, 4.69) is 4.90 Å². The highest BCUT2D eigenvalue weighted by atomic mass is 35.5. The van der Waals surface area contributed by atoms with Crippen molar-refractivity contribution in [2.24, 2.45) is 0 Å². The third-order valence-corrected chi connectivity index (χ3v) is 5.62. The van der Waals surface area contributed by atoms with Crippen molar-refractivity contribution in [3.8, 4) is 0 Å². The lowest BCUT2D eigenvalue weighted by Crippen LogP contribution is -2.50. The quantitative estimate of drug-likeness (QED) is 0.599. The predicted octanol–water partition coefficient (Wildman–Crippen LogP) is 5.17. The average Bonchev–Trinajstić information content (AvgIpc) is 2.78. The highest BCUT2D eigenvalue weighted by molar-refractivity contribution is 6.31. The van der Waals surface area contributed by atoms with Crippen molar-refractivity contribution in [3.05, 3.63) is 64.7 Å². The Kier molecular flexibility index (Phi) is 8.08. The lowest BCUT2D eigenvalue weighted by atomic mass is 10.1. The van der Waals surface area contributed by atoms with Crippen LogP contribution in [0.4, 0.5) is 15.3 Å². The van der Waals surface area contributed by atoms with Gasteiger partial charge in [-0.05, 0) is 50.1 Å². The number of ether oxygens (including phenoxy) is 2. The Morgan fingerprint density at radius 2 is 1.70 bits per heavy atom. The number of rotatable bonds is 5. The zero-order valence-corrected chi connectivity index (χ0v) is 20.5. The Labute approximate surface area is 200 Å². The first kappa shape index (κ1) is 24.7. The fraction of sp³-hybridized carbons (Fsp3) is 0.440. The number of nitrogens with zero attached hydrogens (tertiary/aromatic N) is 3. The van der Waals surface area contributed by atoms with E-state index in [1.54, 1.807) is 11.9 Å². The Balaban J connectivity index is 1.56. The van der Waals surface area contributed by atoms with Crippen LogP contribution >= 0.6 is 11.6 Å². The highest BCUT2D eigenvalue weighted by Crippen LogP contribution is 2.26. The largest absolute Gasteiger partial charge is 0.445 e. The standard InChI is InChI=1S/C25H32ClN3O4/c1-25(2,3)33-24(31)29-14-12-28(13-15-29)21-10-11-22(26)20(16-21)17-27(4)23(30)32-18-19-8-6-5-7-9-19/h5-11,16H,12-15,17-18H2,1-4H3. The normalized spacial score (nSPS) is 14.1. The number of benzene rings is 2. The SMILES string of the molecule is CN(Cc1cc(N2CCN(C(=O)OC(C)(C)C)CC2)ccc1Cl)C(=O)OCc1ccccc1. The number of carbonyl (C=O) groups excluding carboxylic acids is 2. The zero-order valence-electron chi connectivity index (χ0n) is 19.7. The summed E-state index contributed by atoms with van der Waals surface area (Å²) in [5.41, 5.74) is 2.27. The van der Waals surface area contributed by atoms with E-state index in [9.17, 15) is 9.59 Å². The molecule has 178 valence electrons. The smallest absolute Gasteiger partial charge is 0.410 e. The van der Waals surface area contributed by atoms with Crippen LogP contribution in [-0.4, -0.2) is 60.8 Å². The van der Waals surface area contributed by atoms with E-state index in [-0.39, 0.29) is 12.7 Å². The maximum Gasteiger partial charge on any atom is 0.410 e. The van der Waals surface area contributed by atoms with E-state index in [0.717, 1.165) is 16.8 Å². The summed E-state index contributed by atoms with van der Waals surface area (Å²) in [6, 6.07) is 15.4. The van der Waals surface area contributed by atoms with Crippen molar-refractivity contribution in [3.63, 3.8) is 0 Å². The van der Waals surface area contributed by atoms with E-state index in [1.165, 1.54) is 4.90 Å². The molecule has 0 aliphatic carbocycles. The third kappa shape index (κ3) is 7.29. The fourth-order valence-corrected chi connectivity index (χ4v) is 3.68. The molecule has 0 spiro atoms. The molecular weight excluding hydrogens is 442 g/mol. The Hall–Kier alpha value is -2.93. The van der Waals surface area contributed by atoms with Crippen LogP contribution in [0.5, 0.6) is 0 Å². The Morgan fingerprint density at radius 1 is 1.03 bits per heavy atom. The molecule has 8 heteroatoms. The van der Waals surface area contributed by atoms with Gasteiger partial charge in [0, 0.05) is 43.9 Å².